The average Bonchev–Trinajstić information content (AvgIpc) is 2.78. The fourth-order valence-electron chi connectivity index (χ4n) is 5.38. The van der Waals surface area contributed by atoms with Crippen LogP contribution in [0, 0.1) is 23.2 Å². The van der Waals surface area contributed by atoms with Gasteiger partial charge < -0.3 is 15.7 Å². The highest BCUT2D eigenvalue weighted by molar-refractivity contribution is 5.94. The van der Waals surface area contributed by atoms with Crippen molar-refractivity contribution < 1.29 is 14.7 Å². The third-order valence-corrected chi connectivity index (χ3v) is 7.10. The maximum atomic E-state index is 13.7. The van der Waals surface area contributed by atoms with E-state index in [2.05, 4.69) is 0 Å². The minimum absolute atomic E-state index is 0.00974. The summed E-state index contributed by atoms with van der Waals surface area (Å²) in [7, 11) is 0. The molecule has 0 radical (unpaired) electrons. The molecular formula is C25H37N3O3. The number of amides is 1. The van der Waals surface area contributed by atoms with Crippen LogP contribution in [0.2, 0.25) is 0 Å². The molecule has 0 saturated heterocycles. The van der Waals surface area contributed by atoms with Crippen molar-refractivity contribution in [3.8, 4) is 0 Å². The number of hydrogen-bond donors (Lipinski definition) is 3. The number of nitrogens with one attached hydrogen (secondary N) is 1. The van der Waals surface area contributed by atoms with Crippen molar-refractivity contribution in [3.63, 3.8) is 0 Å². The molecule has 31 heavy (non-hydrogen) atoms. The Balaban J connectivity index is 1.79. The van der Waals surface area contributed by atoms with Crippen molar-refractivity contribution in [2.24, 2.45) is 23.5 Å². The Labute approximate surface area is 185 Å². The van der Waals surface area contributed by atoms with Gasteiger partial charge in [0.1, 0.15) is 12.4 Å². The Morgan fingerprint density at radius 2 is 1.58 bits per heavy atom. The second kappa shape index (κ2) is 11.3. The predicted octanol–water partition coefficient (Wildman–Crippen LogP) is 4.20. The summed E-state index contributed by atoms with van der Waals surface area (Å²) in [5, 5.41) is 17.1. The lowest BCUT2D eigenvalue weighted by Crippen LogP contribution is -2.45. The van der Waals surface area contributed by atoms with Gasteiger partial charge in [-0.05, 0) is 49.5 Å². The van der Waals surface area contributed by atoms with Crippen LogP contribution in [-0.4, -0.2) is 40.8 Å². The largest absolute Gasteiger partial charge is 0.480 e. The molecule has 6 nitrogen and oxygen atoms in total. The third-order valence-electron chi connectivity index (χ3n) is 7.10. The van der Waals surface area contributed by atoms with Crippen LogP contribution < -0.4 is 5.73 Å². The van der Waals surface area contributed by atoms with Gasteiger partial charge in [0.25, 0.3) is 0 Å². The standard InChI is InChI=1S/C25H37N3O3/c26-24(27)21-13-11-18(12-14-21)15-22(20-9-5-2-6-10-20)25(31)28(17-23(29)30)16-19-7-3-1-4-8-19/h11-14,19-20,22H,1-10,15-17H2,(H3,26,27)(H,29,30)/t22-/m1/s1. The van der Waals surface area contributed by atoms with Gasteiger partial charge in [-0.25, -0.2) is 0 Å². The van der Waals surface area contributed by atoms with E-state index < -0.39 is 5.97 Å². The number of carbonyl (C=O) groups excluding carboxylic acids is 1. The first-order valence-corrected chi connectivity index (χ1v) is 11.9. The SMILES string of the molecule is N=C(N)c1ccc(C[C@@H](C(=O)N(CC(=O)O)CC2CCCCC2)C2CCCCC2)cc1. The van der Waals surface area contributed by atoms with Crippen LogP contribution in [0.1, 0.15) is 75.3 Å². The molecule has 2 fully saturated rings. The molecule has 0 unspecified atom stereocenters. The first-order valence-electron chi connectivity index (χ1n) is 11.9. The Bertz CT molecular complexity index is 750. The highest BCUT2D eigenvalue weighted by Crippen LogP contribution is 2.34. The van der Waals surface area contributed by atoms with Gasteiger partial charge in [-0.2, -0.15) is 0 Å². The maximum absolute atomic E-state index is 13.7. The van der Waals surface area contributed by atoms with E-state index in [1.54, 1.807) is 4.90 Å². The number of hydrogen-bond acceptors (Lipinski definition) is 3. The summed E-state index contributed by atoms with van der Waals surface area (Å²) in [6.07, 6.45) is 11.9. The van der Waals surface area contributed by atoms with Crippen molar-refractivity contribution in [2.75, 3.05) is 13.1 Å². The lowest BCUT2D eigenvalue weighted by atomic mass is 9.76. The third kappa shape index (κ3) is 6.81. The molecule has 0 spiro atoms. The molecule has 2 aliphatic carbocycles. The topological polar surface area (TPSA) is 107 Å². The van der Waals surface area contributed by atoms with Crippen molar-refractivity contribution >= 4 is 17.7 Å². The smallest absolute Gasteiger partial charge is 0.323 e. The Morgan fingerprint density at radius 3 is 2.13 bits per heavy atom. The van der Waals surface area contributed by atoms with Gasteiger partial charge in [0.2, 0.25) is 5.91 Å². The minimum Gasteiger partial charge on any atom is -0.480 e. The van der Waals surface area contributed by atoms with Gasteiger partial charge >= 0.3 is 5.97 Å². The normalized spacial score (nSPS) is 19.0. The number of nitrogen functional groups attached to an aromatic ring is 1. The molecule has 1 amide bonds. The molecular weight excluding hydrogens is 390 g/mol. The van der Waals surface area contributed by atoms with Crippen LogP contribution in [0.15, 0.2) is 24.3 Å². The van der Waals surface area contributed by atoms with Crippen LogP contribution in [-0.2, 0) is 16.0 Å². The molecule has 2 saturated carbocycles. The molecule has 0 bridgehead atoms. The van der Waals surface area contributed by atoms with Gasteiger partial charge in [-0.15, -0.1) is 0 Å². The molecule has 0 aromatic heterocycles. The van der Waals surface area contributed by atoms with Crippen molar-refractivity contribution in [1.82, 2.24) is 4.90 Å². The number of carboxylic acids is 1. The zero-order valence-electron chi connectivity index (χ0n) is 18.5. The molecule has 1 aromatic rings. The Morgan fingerprint density at radius 1 is 1.00 bits per heavy atom. The highest BCUT2D eigenvalue weighted by atomic mass is 16.4. The van der Waals surface area contributed by atoms with Crippen molar-refractivity contribution in [3.05, 3.63) is 35.4 Å². The quantitative estimate of drug-likeness (QED) is 0.405. The summed E-state index contributed by atoms with van der Waals surface area (Å²) in [6, 6.07) is 7.55. The Hall–Kier alpha value is -2.37. The van der Waals surface area contributed by atoms with E-state index in [0.29, 0.717) is 30.4 Å². The fourth-order valence-corrected chi connectivity index (χ4v) is 5.38. The molecule has 2 aliphatic rings. The number of amidine groups is 1. The van der Waals surface area contributed by atoms with E-state index >= 15 is 0 Å². The summed E-state index contributed by atoms with van der Waals surface area (Å²) in [5.74, 6) is -0.360. The number of carbonyl (C=O) groups is 2. The van der Waals surface area contributed by atoms with Crippen LogP contribution in [0.5, 0.6) is 0 Å². The highest BCUT2D eigenvalue weighted by Gasteiger charge is 2.34. The first kappa shape index (κ1) is 23.3. The molecule has 0 aliphatic heterocycles. The second-order valence-corrected chi connectivity index (χ2v) is 9.44. The number of carboxylic acid groups (broad SMARTS) is 1. The molecule has 1 aromatic carbocycles. The van der Waals surface area contributed by atoms with Crippen LogP contribution >= 0.6 is 0 Å². The number of nitrogens with zero attached hydrogens (tertiary/aromatic N) is 1. The molecule has 6 heteroatoms. The summed E-state index contributed by atoms with van der Waals surface area (Å²) in [5.41, 5.74) is 7.29. The van der Waals surface area contributed by atoms with E-state index in [1.807, 2.05) is 24.3 Å². The van der Waals surface area contributed by atoms with Crippen molar-refractivity contribution in [2.45, 2.75) is 70.6 Å². The van der Waals surface area contributed by atoms with Crippen LogP contribution in [0.3, 0.4) is 0 Å². The molecule has 170 valence electrons. The first-order chi connectivity index (χ1) is 14.9. The maximum Gasteiger partial charge on any atom is 0.323 e. The molecule has 1 atom stereocenters. The average molecular weight is 428 g/mol. The minimum atomic E-state index is -0.933. The lowest BCUT2D eigenvalue weighted by molar-refractivity contribution is -0.148. The van der Waals surface area contributed by atoms with Gasteiger partial charge in [-0.1, -0.05) is 62.8 Å². The van der Waals surface area contributed by atoms with E-state index in [-0.39, 0.29) is 24.2 Å². The lowest BCUT2D eigenvalue weighted by Gasteiger charge is -2.35. The predicted molar refractivity (Wildman–Crippen MR) is 122 cm³/mol. The van der Waals surface area contributed by atoms with E-state index in [4.69, 9.17) is 11.1 Å². The molecule has 0 heterocycles. The number of benzene rings is 1. The van der Waals surface area contributed by atoms with Gasteiger partial charge in [-0.3, -0.25) is 15.0 Å². The number of rotatable bonds is 9. The number of aliphatic carboxylic acids is 1. The molecule has 3 rings (SSSR count). The Kier molecular flexibility index (Phi) is 8.50. The fraction of sp³-hybridized carbons (Fsp3) is 0.640. The summed E-state index contributed by atoms with van der Waals surface area (Å²) >= 11 is 0. The van der Waals surface area contributed by atoms with Crippen LogP contribution in [0.4, 0.5) is 0 Å². The van der Waals surface area contributed by atoms with Crippen molar-refractivity contribution in [1.29, 1.82) is 5.41 Å². The monoisotopic (exact) mass is 427 g/mol. The van der Waals surface area contributed by atoms with Gasteiger partial charge in [0, 0.05) is 18.0 Å². The van der Waals surface area contributed by atoms with Gasteiger partial charge in [0.15, 0.2) is 0 Å². The van der Waals surface area contributed by atoms with Crippen LogP contribution in [0.25, 0.3) is 0 Å². The zero-order chi connectivity index (χ0) is 22.2. The zero-order valence-corrected chi connectivity index (χ0v) is 18.5. The van der Waals surface area contributed by atoms with E-state index in [9.17, 15) is 14.7 Å². The second-order valence-electron chi connectivity index (χ2n) is 9.44. The van der Waals surface area contributed by atoms with E-state index in [0.717, 1.165) is 44.1 Å². The molecule has 4 N–H and O–H groups in total. The summed E-state index contributed by atoms with van der Waals surface area (Å²) < 4.78 is 0. The van der Waals surface area contributed by atoms with E-state index in [1.165, 1.54) is 25.7 Å². The van der Waals surface area contributed by atoms with Gasteiger partial charge in [0.05, 0.1) is 0 Å². The number of nitrogens with two attached hydrogens (primary N) is 1. The summed E-state index contributed by atoms with van der Waals surface area (Å²) in [4.78, 5) is 27.0. The summed E-state index contributed by atoms with van der Waals surface area (Å²) in [6.45, 7) is 0.361.